The molecule has 0 fully saturated rings. The highest BCUT2D eigenvalue weighted by atomic mass is 35.5. The largest absolute Gasteiger partial charge is 0.463 e. The van der Waals surface area contributed by atoms with Crippen LogP contribution in [0.5, 0.6) is 0 Å². The third-order valence-electron chi connectivity index (χ3n) is 3.12. The fraction of sp³-hybridized carbons (Fsp3) is 0.235. The molecule has 0 aliphatic rings. The average molecular weight is 347 g/mol. The predicted octanol–water partition coefficient (Wildman–Crippen LogP) is 4.51. The van der Waals surface area contributed by atoms with Crippen LogP contribution in [0.2, 0.25) is 5.15 Å². The molecule has 0 bridgehead atoms. The molecule has 1 aromatic carbocycles. The molecule has 2 aromatic heterocycles. The van der Waals surface area contributed by atoms with E-state index in [1.165, 1.54) is 11.3 Å². The zero-order chi connectivity index (χ0) is 16.4. The molecule has 3 rings (SSSR count). The molecule has 4 nitrogen and oxygen atoms in total. The van der Waals surface area contributed by atoms with E-state index < -0.39 is 0 Å². The van der Waals surface area contributed by atoms with Gasteiger partial charge in [0.1, 0.15) is 22.2 Å². The minimum atomic E-state index is -0.352. The summed E-state index contributed by atoms with van der Waals surface area (Å²) in [6, 6.07) is 12.0. The van der Waals surface area contributed by atoms with Gasteiger partial charge in [-0.3, -0.25) is 4.79 Å². The minimum Gasteiger partial charge on any atom is -0.463 e. The first kappa shape index (κ1) is 15.9. The van der Waals surface area contributed by atoms with Gasteiger partial charge in [0.25, 0.3) is 0 Å². The van der Waals surface area contributed by atoms with E-state index in [2.05, 4.69) is 9.97 Å². The van der Waals surface area contributed by atoms with Gasteiger partial charge in [-0.05, 0) is 25.5 Å². The Hall–Kier alpha value is -1.98. The van der Waals surface area contributed by atoms with E-state index in [9.17, 15) is 4.79 Å². The number of hydrogen-bond acceptors (Lipinski definition) is 5. The maximum atomic E-state index is 11.8. The SMILES string of the molecule is CC(C)OC(=O)Cc1nc(Cl)c2cc(-c3ccccc3)sc2n1. The normalized spacial score (nSPS) is 11.1. The first-order valence-electron chi connectivity index (χ1n) is 7.24. The van der Waals surface area contributed by atoms with Crippen LogP contribution in [0.4, 0.5) is 0 Å². The second-order valence-electron chi connectivity index (χ2n) is 5.34. The molecule has 0 unspecified atom stereocenters. The first-order chi connectivity index (χ1) is 11.0. The molecule has 0 amide bonds. The summed E-state index contributed by atoms with van der Waals surface area (Å²) in [5.41, 5.74) is 1.10. The monoisotopic (exact) mass is 346 g/mol. The van der Waals surface area contributed by atoms with Crippen molar-refractivity contribution in [2.24, 2.45) is 0 Å². The number of ether oxygens (including phenoxy) is 1. The van der Waals surface area contributed by atoms with Crippen LogP contribution >= 0.6 is 22.9 Å². The number of carbonyl (C=O) groups excluding carboxylic acids is 1. The van der Waals surface area contributed by atoms with Gasteiger partial charge in [0.2, 0.25) is 0 Å². The summed E-state index contributed by atoms with van der Waals surface area (Å²) >= 11 is 7.79. The number of rotatable bonds is 4. The predicted molar refractivity (Wildman–Crippen MR) is 92.8 cm³/mol. The number of aromatic nitrogens is 2. The van der Waals surface area contributed by atoms with Gasteiger partial charge < -0.3 is 4.74 Å². The fourth-order valence-corrected chi connectivity index (χ4v) is 3.54. The Balaban J connectivity index is 1.94. The van der Waals surface area contributed by atoms with Gasteiger partial charge in [0, 0.05) is 10.3 Å². The van der Waals surface area contributed by atoms with Crippen molar-refractivity contribution in [2.45, 2.75) is 26.4 Å². The van der Waals surface area contributed by atoms with Gasteiger partial charge in [-0.25, -0.2) is 9.97 Å². The highest BCUT2D eigenvalue weighted by Crippen LogP contribution is 2.35. The molecule has 0 saturated carbocycles. The number of halogens is 1. The number of nitrogens with zero attached hydrogens (tertiary/aromatic N) is 2. The molecule has 6 heteroatoms. The second-order valence-corrected chi connectivity index (χ2v) is 6.73. The maximum Gasteiger partial charge on any atom is 0.313 e. The van der Waals surface area contributed by atoms with Crippen LogP contribution in [0.25, 0.3) is 20.7 Å². The third kappa shape index (κ3) is 3.68. The summed E-state index contributed by atoms with van der Waals surface area (Å²) in [5.74, 6) is 0.0323. The quantitative estimate of drug-likeness (QED) is 0.515. The van der Waals surface area contributed by atoms with Crippen LogP contribution in [0.15, 0.2) is 36.4 Å². The topological polar surface area (TPSA) is 52.1 Å². The first-order valence-corrected chi connectivity index (χ1v) is 8.43. The van der Waals surface area contributed by atoms with E-state index in [1.807, 2.05) is 36.4 Å². The molecule has 0 aliphatic carbocycles. The van der Waals surface area contributed by atoms with Crippen LogP contribution in [-0.2, 0) is 16.0 Å². The smallest absolute Gasteiger partial charge is 0.313 e. The summed E-state index contributed by atoms with van der Waals surface area (Å²) in [5, 5.41) is 1.16. The lowest BCUT2D eigenvalue weighted by molar-refractivity contribution is -0.146. The number of esters is 1. The molecule has 3 aromatic rings. The van der Waals surface area contributed by atoms with Crippen molar-refractivity contribution in [3.05, 3.63) is 47.4 Å². The number of carbonyl (C=O) groups is 1. The fourth-order valence-electron chi connectivity index (χ4n) is 2.19. The third-order valence-corrected chi connectivity index (χ3v) is 4.49. The molecule has 0 atom stereocenters. The lowest BCUT2D eigenvalue weighted by Crippen LogP contribution is -2.15. The van der Waals surface area contributed by atoms with E-state index in [4.69, 9.17) is 16.3 Å². The molecule has 23 heavy (non-hydrogen) atoms. The van der Waals surface area contributed by atoms with Gasteiger partial charge in [-0.1, -0.05) is 41.9 Å². The zero-order valence-electron chi connectivity index (χ0n) is 12.7. The highest BCUT2D eigenvalue weighted by molar-refractivity contribution is 7.21. The van der Waals surface area contributed by atoms with Crippen molar-refractivity contribution in [2.75, 3.05) is 0 Å². The molecule has 0 aliphatic heterocycles. The van der Waals surface area contributed by atoms with Crippen LogP contribution in [-0.4, -0.2) is 22.0 Å². The number of fused-ring (bicyclic) bond motifs is 1. The van der Waals surface area contributed by atoms with Crippen molar-refractivity contribution in [3.63, 3.8) is 0 Å². The zero-order valence-corrected chi connectivity index (χ0v) is 14.3. The Morgan fingerprint density at radius 3 is 2.70 bits per heavy atom. The molecule has 0 saturated heterocycles. The average Bonchev–Trinajstić information content (AvgIpc) is 2.92. The van der Waals surface area contributed by atoms with E-state index in [1.54, 1.807) is 13.8 Å². The molecule has 0 spiro atoms. The van der Waals surface area contributed by atoms with Crippen molar-refractivity contribution in [1.82, 2.24) is 9.97 Å². The maximum absolute atomic E-state index is 11.8. The Bertz CT molecular complexity index is 846. The Labute approximate surface area is 143 Å². The van der Waals surface area contributed by atoms with Gasteiger partial charge >= 0.3 is 5.97 Å². The Kier molecular flexibility index (Phi) is 4.59. The van der Waals surface area contributed by atoms with Crippen LogP contribution in [0.1, 0.15) is 19.7 Å². The lowest BCUT2D eigenvalue weighted by Gasteiger charge is -2.07. The van der Waals surface area contributed by atoms with E-state index in [0.29, 0.717) is 11.0 Å². The van der Waals surface area contributed by atoms with Crippen molar-refractivity contribution in [3.8, 4) is 10.4 Å². The van der Waals surface area contributed by atoms with Gasteiger partial charge in [-0.2, -0.15) is 0 Å². The van der Waals surface area contributed by atoms with E-state index in [-0.39, 0.29) is 18.5 Å². The van der Waals surface area contributed by atoms with Gasteiger partial charge in [-0.15, -0.1) is 11.3 Å². The molecular formula is C17H15ClN2O2S. The number of hydrogen-bond donors (Lipinski definition) is 0. The molecule has 0 radical (unpaired) electrons. The Morgan fingerprint density at radius 1 is 1.26 bits per heavy atom. The summed E-state index contributed by atoms with van der Waals surface area (Å²) in [7, 11) is 0. The van der Waals surface area contributed by atoms with Crippen LogP contribution in [0.3, 0.4) is 0 Å². The van der Waals surface area contributed by atoms with Crippen molar-refractivity contribution >= 4 is 39.1 Å². The van der Waals surface area contributed by atoms with Gasteiger partial charge in [0.05, 0.1) is 6.10 Å². The van der Waals surface area contributed by atoms with E-state index >= 15 is 0 Å². The molecular weight excluding hydrogens is 332 g/mol. The van der Waals surface area contributed by atoms with Crippen molar-refractivity contribution in [1.29, 1.82) is 0 Å². The van der Waals surface area contributed by atoms with Gasteiger partial charge in [0.15, 0.2) is 0 Å². The summed E-state index contributed by atoms with van der Waals surface area (Å²) in [6.45, 7) is 3.61. The number of thiophene rings is 1. The van der Waals surface area contributed by atoms with Crippen molar-refractivity contribution < 1.29 is 9.53 Å². The van der Waals surface area contributed by atoms with E-state index in [0.717, 1.165) is 20.7 Å². The minimum absolute atomic E-state index is 0.0202. The van der Waals surface area contributed by atoms with Crippen LogP contribution < -0.4 is 0 Å². The lowest BCUT2D eigenvalue weighted by atomic mass is 10.2. The molecule has 0 N–H and O–H groups in total. The summed E-state index contributed by atoms with van der Waals surface area (Å²) in [4.78, 5) is 22.3. The highest BCUT2D eigenvalue weighted by Gasteiger charge is 2.15. The summed E-state index contributed by atoms with van der Waals surface area (Å²) in [6.07, 6.45) is -0.139. The molecule has 2 heterocycles. The Morgan fingerprint density at radius 2 is 2.00 bits per heavy atom. The molecule has 118 valence electrons. The standard InChI is InChI=1S/C17H15ClN2O2S/c1-10(2)22-15(21)9-14-19-16(18)12-8-13(23-17(12)20-14)11-6-4-3-5-7-11/h3-8,10H,9H2,1-2H3. The summed E-state index contributed by atoms with van der Waals surface area (Å²) < 4.78 is 5.12. The second kappa shape index (κ2) is 6.64. The number of benzene rings is 1. The van der Waals surface area contributed by atoms with Crippen LogP contribution in [0, 0.1) is 0 Å².